The molecule has 1 aromatic carbocycles. The van der Waals surface area contributed by atoms with E-state index in [1.54, 1.807) is 12.1 Å². The number of amides is 1. The maximum Gasteiger partial charge on any atom is 0.226 e. The summed E-state index contributed by atoms with van der Waals surface area (Å²) in [6.45, 7) is 2.97. The van der Waals surface area contributed by atoms with Gasteiger partial charge in [-0.15, -0.1) is 0 Å². The molecule has 1 amide bonds. The highest BCUT2D eigenvalue weighted by Gasteiger charge is 2.28. The van der Waals surface area contributed by atoms with Crippen molar-refractivity contribution in [3.05, 3.63) is 35.6 Å². The van der Waals surface area contributed by atoms with Gasteiger partial charge < -0.3 is 10.6 Å². The Bertz CT molecular complexity index is 454. The second-order valence-corrected chi connectivity index (χ2v) is 5.98. The molecule has 0 saturated heterocycles. The van der Waals surface area contributed by atoms with E-state index in [0.29, 0.717) is 19.1 Å². The molecule has 0 radical (unpaired) electrons. The second kappa shape index (κ2) is 7.55. The van der Waals surface area contributed by atoms with Crippen molar-refractivity contribution in [2.45, 2.75) is 45.1 Å². The van der Waals surface area contributed by atoms with Crippen LogP contribution in [0.1, 0.15) is 38.2 Å². The van der Waals surface area contributed by atoms with Crippen molar-refractivity contribution in [3.8, 4) is 0 Å². The predicted octanol–water partition coefficient (Wildman–Crippen LogP) is 2.73. The molecule has 1 saturated carbocycles. The molecule has 1 atom stereocenters. The van der Waals surface area contributed by atoms with Gasteiger partial charge in [0.25, 0.3) is 0 Å². The fourth-order valence-corrected chi connectivity index (χ4v) is 2.97. The molecule has 0 heterocycles. The molecule has 1 aliphatic rings. The maximum atomic E-state index is 12.9. The molecule has 21 heavy (non-hydrogen) atoms. The average molecular weight is 292 g/mol. The largest absolute Gasteiger partial charge is 0.339 e. The van der Waals surface area contributed by atoms with Gasteiger partial charge in [-0.1, -0.05) is 31.9 Å². The van der Waals surface area contributed by atoms with Crippen LogP contribution >= 0.6 is 0 Å². The van der Waals surface area contributed by atoms with E-state index >= 15 is 0 Å². The summed E-state index contributed by atoms with van der Waals surface area (Å²) in [6.07, 6.45) is 5.34. The molecule has 0 bridgehead atoms. The van der Waals surface area contributed by atoms with E-state index in [0.717, 1.165) is 24.8 Å². The summed E-state index contributed by atoms with van der Waals surface area (Å²) in [6, 6.07) is 6.88. The zero-order chi connectivity index (χ0) is 15.2. The Labute approximate surface area is 126 Å². The lowest BCUT2D eigenvalue weighted by molar-refractivity contribution is -0.137. The van der Waals surface area contributed by atoms with Gasteiger partial charge in [-0.2, -0.15) is 0 Å². The normalized spacial score (nSPS) is 16.9. The smallest absolute Gasteiger partial charge is 0.226 e. The minimum absolute atomic E-state index is 0.126. The van der Waals surface area contributed by atoms with Gasteiger partial charge in [0.1, 0.15) is 5.82 Å². The SMILES string of the molecule is CC(CN)C(=O)N(CCc1ccc(F)cc1)C1CCCC1. The first-order chi connectivity index (χ1) is 10.1. The fraction of sp³-hybridized carbons (Fsp3) is 0.588. The number of halogens is 1. The zero-order valence-corrected chi connectivity index (χ0v) is 12.7. The van der Waals surface area contributed by atoms with E-state index in [2.05, 4.69) is 0 Å². The van der Waals surface area contributed by atoms with Crippen molar-refractivity contribution in [3.63, 3.8) is 0 Å². The number of nitrogens with two attached hydrogens (primary N) is 1. The molecule has 116 valence electrons. The van der Waals surface area contributed by atoms with E-state index in [1.807, 2.05) is 11.8 Å². The second-order valence-electron chi connectivity index (χ2n) is 5.98. The first-order valence-electron chi connectivity index (χ1n) is 7.87. The molecule has 3 nitrogen and oxygen atoms in total. The van der Waals surface area contributed by atoms with Crippen molar-refractivity contribution in [1.82, 2.24) is 4.90 Å². The Hall–Kier alpha value is -1.42. The molecule has 1 fully saturated rings. The third kappa shape index (κ3) is 4.27. The van der Waals surface area contributed by atoms with Gasteiger partial charge in [0, 0.05) is 25.0 Å². The van der Waals surface area contributed by atoms with E-state index < -0.39 is 0 Å². The van der Waals surface area contributed by atoms with Crippen molar-refractivity contribution >= 4 is 5.91 Å². The monoisotopic (exact) mass is 292 g/mol. The van der Waals surface area contributed by atoms with Crippen LogP contribution in [0.4, 0.5) is 4.39 Å². The fourth-order valence-electron chi connectivity index (χ4n) is 2.97. The number of carbonyl (C=O) groups excluding carboxylic acids is 1. The number of nitrogens with zero attached hydrogens (tertiary/aromatic N) is 1. The quantitative estimate of drug-likeness (QED) is 0.876. The van der Waals surface area contributed by atoms with Crippen LogP contribution in [0.2, 0.25) is 0 Å². The minimum atomic E-state index is -0.223. The average Bonchev–Trinajstić information content (AvgIpc) is 3.02. The van der Waals surface area contributed by atoms with Crippen molar-refractivity contribution in [1.29, 1.82) is 0 Å². The Morgan fingerprint density at radius 2 is 1.95 bits per heavy atom. The molecule has 2 N–H and O–H groups in total. The summed E-state index contributed by atoms with van der Waals surface area (Å²) in [5.74, 6) is -0.190. The maximum absolute atomic E-state index is 12.9. The lowest BCUT2D eigenvalue weighted by Crippen LogP contribution is -2.44. The lowest BCUT2D eigenvalue weighted by Gasteiger charge is -2.31. The molecule has 4 heteroatoms. The van der Waals surface area contributed by atoms with Crippen LogP contribution in [0.5, 0.6) is 0 Å². The van der Waals surface area contributed by atoms with Crippen LogP contribution in [-0.4, -0.2) is 29.9 Å². The third-order valence-corrected chi connectivity index (χ3v) is 4.38. The van der Waals surface area contributed by atoms with E-state index in [4.69, 9.17) is 5.73 Å². The zero-order valence-electron chi connectivity index (χ0n) is 12.7. The third-order valence-electron chi connectivity index (χ3n) is 4.38. The van der Waals surface area contributed by atoms with Crippen molar-refractivity contribution in [2.24, 2.45) is 11.7 Å². The summed E-state index contributed by atoms with van der Waals surface area (Å²) >= 11 is 0. The molecular weight excluding hydrogens is 267 g/mol. The molecule has 1 aromatic rings. The number of benzene rings is 1. The van der Waals surface area contributed by atoms with Crippen LogP contribution in [0.15, 0.2) is 24.3 Å². The van der Waals surface area contributed by atoms with Gasteiger partial charge in [0.2, 0.25) is 5.91 Å². The number of hydrogen-bond donors (Lipinski definition) is 1. The van der Waals surface area contributed by atoms with E-state index in [1.165, 1.54) is 25.0 Å². The van der Waals surface area contributed by atoms with Gasteiger partial charge in [-0.25, -0.2) is 4.39 Å². The van der Waals surface area contributed by atoms with E-state index in [9.17, 15) is 9.18 Å². The summed E-state index contributed by atoms with van der Waals surface area (Å²) in [7, 11) is 0. The lowest BCUT2D eigenvalue weighted by atomic mass is 10.1. The number of carbonyl (C=O) groups is 1. The number of hydrogen-bond acceptors (Lipinski definition) is 2. The highest BCUT2D eigenvalue weighted by molar-refractivity contribution is 5.79. The Morgan fingerprint density at radius 1 is 1.33 bits per heavy atom. The standard InChI is InChI=1S/C17H25FN2O/c1-13(12-19)17(21)20(16-4-2-3-5-16)11-10-14-6-8-15(18)9-7-14/h6-9,13,16H,2-5,10-12,19H2,1H3. The highest BCUT2D eigenvalue weighted by atomic mass is 19.1. The van der Waals surface area contributed by atoms with E-state index in [-0.39, 0.29) is 17.6 Å². The van der Waals surface area contributed by atoms with Crippen LogP contribution in [-0.2, 0) is 11.2 Å². The molecule has 0 aromatic heterocycles. The van der Waals surface area contributed by atoms with Crippen molar-refractivity contribution < 1.29 is 9.18 Å². The Morgan fingerprint density at radius 3 is 2.52 bits per heavy atom. The first kappa shape index (κ1) is 16.0. The van der Waals surface area contributed by atoms with Gasteiger partial charge in [-0.3, -0.25) is 4.79 Å². The van der Waals surface area contributed by atoms with Crippen LogP contribution < -0.4 is 5.73 Å². The van der Waals surface area contributed by atoms with Crippen LogP contribution in [0, 0.1) is 11.7 Å². The van der Waals surface area contributed by atoms with Gasteiger partial charge in [0.15, 0.2) is 0 Å². The summed E-state index contributed by atoms with van der Waals surface area (Å²) < 4.78 is 12.9. The van der Waals surface area contributed by atoms with Crippen LogP contribution in [0.3, 0.4) is 0 Å². The van der Waals surface area contributed by atoms with Gasteiger partial charge in [-0.05, 0) is 37.0 Å². The van der Waals surface area contributed by atoms with Gasteiger partial charge >= 0.3 is 0 Å². The van der Waals surface area contributed by atoms with Crippen molar-refractivity contribution in [2.75, 3.05) is 13.1 Å². The summed E-state index contributed by atoms with van der Waals surface area (Å²) in [4.78, 5) is 14.5. The Balaban J connectivity index is 2.01. The summed E-state index contributed by atoms with van der Waals surface area (Å²) in [5, 5.41) is 0. The topological polar surface area (TPSA) is 46.3 Å². The molecule has 1 aliphatic carbocycles. The molecule has 1 unspecified atom stereocenters. The molecule has 2 rings (SSSR count). The molecule has 0 aliphatic heterocycles. The minimum Gasteiger partial charge on any atom is -0.339 e. The predicted molar refractivity (Wildman–Crippen MR) is 82.3 cm³/mol. The number of rotatable bonds is 6. The summed E-state index contributed by atoms with van der Waals surface area (Å²) in [5.41, 5.74) is 6.71. The Kier molecular flexibility index (Phi) is 5.74. The van der Waals surface area contributed by atoms with Crippen LogP contribution in [0.25, 0.3) is 0 Å². The molecular formula is C17H25FN2O. The van der Waals surface area contributed by atoms with Gasteiger partial charge in [0.05, 0.1) is 0 Å². The first-order valence-corrected chi connectivity index (χ1v) is 7.87. The molecule has 0 spiro atoms. The highest BCUT2D eigenvalue weighted by Crippen LogP contribution is 2.25.